The van der Waals surface area contributed by atoms with Gasteiger partial charge in [0, 0.05) is 28.9 Å². The lowest BCUT2D eigenvalue weighted by atomic mass is 10.1. The minimum Gasteiger partial charge on any atom is -0.321 e. The summed E-state index contributed by atoms with van der Waals surface area (Å²) in [5, 5.41) is 2.92. The van der Waals surface area contributed by atoms with Gasteiger partial charge in [-0.3, -0.25) is 9.59 Å². The molecule has 136 valence electrons. The zero-order valence-electron chi connectivity index (χ0n) is 15.1. The van der Waals surface area contributed by atoms with Crippen molar-refractivity contribution in [3.63, 3.8) is 0 Å². The number of hydrogen-bond donors (Lipinski definition) is 1. The molecular weight excluding hydrogens is 356 g/mol. The second kappa shape index (κ2) is 7.37. The summed E-state index contributed by atoms with van der Waals surface area (Å²) in [6, 6.07) is 18.6. The number of carbonyl (C=O) groups excluding carboxylic acids is 2. The predicted octanol–water partition coefficient (Wildman–Crippen LogP) is 4.77. The van der Waals surface area contributed by atoms with Crippen molar-refractivity contribution in [3.05, 3.63) is 81.5 Å². The molecule has 1 aliphatic carbocycles. The number of nitrogens with zero attached hydrogens (tertiary/aromatic N) is 1. The molecule has 0 saturated carbocycles. The molecule has 4 rings (SSSR count). The van der Waals surface area contributed by atoms with E-state index in [0.717, 1.165) is 23.4 Å². The Balaban J connectivity index is 1.50. The molecule has 4 nitrogen and oxygen atoms in total. The first kappa shape index (κ1) is 17.5. The van der Waals surface area contributed by atoms with Crippen molar-refractivity contribution in [2.75, 3.05) is 17.3 Å². The quantitative estimate of drug-likeness (QED) is 0.713. The molecule has 2 amide bonds. The Morgan fingerprint density at radius 2 is 1.81 bits per heavy atom. The fraction of sp³-hybridized carbons (Fsp3) is 0.182. The van der Waals surface area contributed by atoms with Gasteiger partial charge in [0.1, 0.15) is 0 Å². The Morgan fingerprint density at radius 3 is 2.59 bits per heavy atom. The molecule has 5 heteroatoms. The SMILES string of the molecule is CN(C(=O)c1cccc(NC(=O)c2cc3c(s2)CCC3)c1)c1ccccc1. The van der Waals surface area contributed by atoms with Gasteiger partial charge in [0.25, 0.3) is 11.8 Å². The molecule has 1 aliphatic rings. The number of benzene rings is 2. The van der Waals surface area contributed by atoms with Gasteiger partial charge >= 0.3 is 0 Å². The molecule has 0 bridgehead atoms. The van der Waals surface area contributed by atoms with Gasteiger partial charge < -0.3 is 10.2 Å². The molecule has 1 aromatic heterocycles. The van der Waals surface area contributed by atoms with Crippen LogP contribution in [0, 0.1) is 0 Å². The lowest BCUT2D eigenvalue weighted by molar-refractivity contribution is 0.0990. The first-order valence-electron chi connectivity index (χ1n) is 8.98. The summed E-state index contributed by atoms with van der Waals surface area (Å²) in [5.41, 5.74) is 3.29. The maximum atomic E-state index is 12.8. The van der Waals surface area contributed by atoms with E-state index < -0.39 is 0 Å². The number of fused-ring (bicyclic) bond motifs is 1. The van der Waals surface area contributed by atoms with Crippen LogP contribution in [0.25, 0.3) is 0 Å². The van der Waals surface area contributed by atoms with E-state index in [-0.39, 0.29) is 11.8 Å². The maximum absolute atomic E-state index is 12.8. The third-order valence-corrected chi connectivity index (χ3v) is 6.02. The average molecular weight is 376 g/mol. The molecule has 1 N–H and O–H groups in total. The number of rotatable bonds is 4. The Morgan fingerprint density at radius 1 is 1.00 bits per heavy atom. The third-order valence-electron chi connectivity index (χ3n) is 4.79. The highest BCUT2D eigenvalue weighted by atomic mass is 32.1. The summed E-state index contributed by atoms with van der Waals surface area (Å²) in [4.78, 5) is 29.0. The van der Waals surface area contributed by atoms with E-state index in [4.69, 9.17) is 0 Å². The van der Waals surface area contributed by atoms with Gasteiger partial charge in [-0.25, -0.2) is 0 Å². The zero-order chi connectivity index (χ0) is 18.8. The van der Waals surface area contributed by atoms with Gasteiger partial charge in [-0.2, -0.15) is 0 Å². The number of para-hydroxylation sites is 1. The van der Waals surface area contributed by atoms with Crippen molar-refractivity contribution in [2.45, 2.75) is 19.3 Å². The normalized spacial score (nSPS) is 12.5. The van der Waals surface area contributed by atoms with Crippen LogP contribution < -0.4 is 10.2 Å². The topological polar surface area (TPSA) is 49.4 Å². The number of amides is 2. The summed E-state index contributed by atoms with van der Waals surface area (Å²) in [6.45, 7) is 0. The number of carbonyl (C=O) groups is 2. The van der Waals surface area contributed by atoms with Crippen molar-refractivity contribution in [3.8, 4) is 0 Å². The number of aryl methyl sites for hydroxylation is 2. The first-order chi connectivity index (χ1) is 13.1. The molecule has 0 atom stereocenters. The van der Waals surface area contributed by atoms with Crippen LogP contribution >= 0.6 is 11.3 Å². The fourth-order valence-electron chi connectivity index (χ4n) is 3.33. The molecule has 2 aromatic carbocycles. The molecule has 0 saturated heterocycles. The van der Waals surface area contributed by atoms with Crippen molar-refractivity contribution in [1.82, 2.24) is 0 Å². The summed E-state index contributed by atoms with van der Waals surface area (Å²) < 4.78 is 0. The molecule has 0 fully saturated rings. The molecule has 0 unspecified atom stereocenters. The second-order valence-electron chi connectivity index (χ2n) is 6.65. The number of anilines is 2. The minimum atomic E-state index is -0.118. The van der Waals surface area contributed by atoms with Crippen LogP contribution in [0.3, 0.4) is 0 Å². The molecular formula is C22H20N2O2S. The Kier molecular flexibility index (Phi) is 4.77. The minimum absolute atomic E-state index is 0.115. The number of nitrogens with one attached hydrogen (secondary N) is 1. The van der Waals surface area contributed by atoms with Crippen LogP contribution in [-0.4, -0.2) is 18.9 Å². The van der Waals surface area contributed by atoms with Crippen molar-refractivity contribution >= 4 is 34.5 Å². The van der Waals surface area contributed by atoms with Crippen LogP contribution in [0.5, 0.6) is 0 Å². The summed E-state index contributed by atoms with van der Waals surface area (Å²) >= 11 is 1.57. The van der Waals surface area contributed by atoms with E-state index in [2.05, 4.69) is 5.32 Å². The Bertz CT molecular complexity index is 973. The van der Waals surface area contributed by atoms with Gasteiger partial charge in [-0.05, 0) is 61.2 Å². The second-order valence-corrected chi connectivity index (χ2v) is 7.78. The van der Waals surface area contributed by atoms with Crippen molar-refractivity contribution in [2.24, 2.45) is 0 Å². The highest BCUT2D eigenvalue weighted by Crippen LogP contribution is 2.31. The highest BCUT2D eigenvalue weighted by Gasteiger charge is 2.19. The third kappa shape index (κ3) is 3.64. The van der Waals surface area contributed by atoms with E-state index in [0.29, 0.717) is 11.3 Å². The van der Waals surface area contributed by atoms with Crippen LogP contribution in [-0.2, 0) is 12.8 Å². The molecule has 1 heterocycles. The van der Waals surface area contributed by atoms with Crippen LogP contribution in [0.15, 0.2) is 60.7 Å². The number of hydrogen-bond acceptors (Lipinski definition) is 3. The predicted molar refractivity (Wildman–Crippen MR) is 110 cm³/mol. The van der Waals surface area contributed by atoms with E-state index in [1.165, 1.54) is 16.9 Å². The molecule has 0 spiro atoms. The summed E-state index contributed by atoms with van der Waals surface area (Å²) in [6.07, 6.45) is 3.32. The Hall–Kier alpha value is -2.92. The standard InChI is InChI=1S/C22H20N2O2S/c1-24(18-10-3-2-4-11-18)22(26)16-8-5-9-17(13-16)23-21(25)20-14-15-7-6-12-19(15)27-20/h2-5,8-11,13-14H,6-7,12H2,1H3,(H,23,25). The van der Waals surface area contributed by atoms with Gasteiger partial charge in [0.05, 0.1) is 4.88 Å². The van der Waals surface area contributed by atoms with Crippen LogP contribution in [0.1, 0.15) is 36.9 Å². The number of thiophene rings is 1. The first-order valence-corrected chi connectivity index (χ1v) is 9.79. The largest absolute Gasteiger partial charge is 0.321 e. The summed E-state index contributed by atoms with van der Waals surface area (Å²) in [7, 11) is 1.75. The van der Waals surface area contributed by atoms with Gasteiger partial charge in [-0.1, -0.05) is 24.3 Å². The van der Waals surface area contributed by atoms with Crippen LogP contribution in [0.2, 0.25) is 0 Å². The van der Waals surface area contributed by atoms with Gasteiger partial charge in [0.15, 0.2) is 0 Å². The molecule has 3 aromatic rings. The Labute approximate surface area is 162 Å². The zero-order valence-corrected chi connectivity index (χ0v) is 15.9. The van der Waals surface area contributed by atoms with E-state index in [1.54, 1.807) is 47.5 Å². The molecule has 0 radical (unpaired) electrons. The van der Waals surface area contributed by atoms with Crippen molar-refractivity contribution in [1.29, 1.82) is 0 Å². The lowest BCUT2D eigenvalue weighted by Gasteiger charge is -2.17. The van der Waals surface area contributed by atoms with Crippen molar-refractivity contribution < 1.29 is 9.59 Å². The lowest BCUT2D eigenvalue weighted by Crippen LogP contribution is -2.26. The fourth-order valence-corrected chi connectivity index (χ4v) is 4.47. The van der Waals surface area contributed by atoms with E-state index in [1.807, 2.05) is 36.4 Å². The highest BCUT2D eigenvalue weighted by molar-refractivity contribution is 7.14. The van der Waals surface area contributed by atoms with E-state index in [9.17, 15) is 9.59 Å². The van der Waals surface area contributed by atoms with E-state index >= 15 is 0 Å². The monoisotopic (exact) mass is 376 g/mol. The molecule has 27 heavy (non-hydrogen) atoms. The van der Waals surface area contributed by atoms with Gasteiger partial charge in [0.2, 0.25) is 0 Å². The van der Waals surface area contributed by atoms with Crippen LogP contribution in [0.4, 0.5) is 11.4 Å². The van der Waals surface area contributed by atoms with Gasteiger partial charge in [-0.15, -0.1) is 11.3 Å². The average Bonchev–Trinajstić information content (AvgIpc) is 3.30. The molecule has 0 aliphatic heterocycles. The summed E-state index contributed by atoms with van der Waals surface area (Å²) in [5.74, 6) is -0.234. The smallest absolute Gasteiger partial charge is 0.265 e. The maximum Gasteiger partial charge on any atom is 0.265 e.